The molecule has 1 aromatic carbocycles. The molecule has 0 radical (unpaired) electrons. The zero-order chi connectivity index (χ0) is 18.8. The fraction of sp³-hybridized carbons (Fsp3) is 0.739. The first-order valence-electron chi connectivity index (χ1n) is 10.8. The van der Waals surface area contributed by atoms with Gasteiger partial charge in [0.05, 0.1) is 26.2 Å². The summed E-state index contributed by atoms with van der Waals surface area (Å²) in [7, 11) is 0. The van der Waals surface area contributed by atoms with Crippen LogP contribution in [0.15, 0.2) is 30.3 Å². The molecule has 0 unspecified atom stereocenters. The van der Waals surface area contributed by atoms with Crippen molar-refractivity contribution in [2.24, 2.45) is 5.73 Å². The van der Waals surface area contributed by atoms with Crippen molar-refractivity contribution in [2.75, 3.05) is 26.2 Å². The van der Waals surface area contributed by atoms with Crippen molar-refractivity contribution in [3.05, 3.63) is 35.9 Å². The maximum Gasteiger partial charge on any atom is 0.0786 e. The molecule has 2 heteroatoms. The second-order valence-electron chi connectivity index (χ2n) is 7.34. The van der Waals surface area contributed by atoms with E-state index >= 15 is 0 Å². The molecular weight excluding hydrogens is 304 g/mol. The lowest BCUT2D eigenvalue weighted by molar-refractivity contribution is -0.929. The lowest BCUT2D eigenvalue weighted by Gasteiger charge is -2.39. The summed E-state index contributed by atoms with van der Waals surface area (Å²) >= 11 is 0. The molecule has 0 aliphatic carbocycles. The monoisotopic (exact) mass is 349 g/mol. The van der Waals surface area contributed by atoms with E-state index in [0.717, 1.165) is 0 Å². The molecule has 0 saturated carbocycles. The van der Waals surface area contributed by atoms with Crippen molar-refractivity contribution in [1.29, 1.82) is 0 Å². The molecule has 25 heavy (non-hydrogen) atoms. The average molecular weight is 350 g/mol. The van der Waals surface area contributed by atoms with Crippen molar-refractivity contribution in [2.45, 2.75) is 85.6 Å². The molecule has 0 saturated heterocycles. The Balaban J connectivity index is 0.000000593. The van der Waals surface area contributed by atoms with Crippen molar-refractivity contribution >= 4 is 0 Å². The van der Waals surface area contributed by atoms with Gasteiger partial charge in [-0.2, -0.15) is 0 Å². The van der Waals surface area contributed by atoms with Gasteiger partial charge in [-0.25, -0.2) is 0 Å². The van der Waals surface area contributed by atoms with E-state index < -0.39 is 0 Å². The first kappa shape index (κ1) is 24.1. The second-order valence-corrected chi connectivity index (χ2v) is 7.34. The van der Waals surface area contributed by atoms with Crippen LogP contribution in [0.5, 0.6) is 0 Å². The molecule has 1 aromatic rings. The van der Waals surface area contributed by atoms with Gasteiger partial charge in [0.25, 0.3) is 0 Å². The molecule has 2 nitrogen and oxygen atoms in total. The lowest BCUT2D eigenvalue weighted by Crippen LogP contribution is -2.50. The first-order valence-corrected chi connectivity index (χ1v) is 10.8. The Morgan fingerprint density at radius 2 is 1.00 bits per heavy atom. The molecule has 0 aliphatic heterocycles. The lowest BCUT2D eigenvalue weighted by atomic mass is 10.1. The molecule has 0 atom stereocenters. The van der Waals surface area contributed by atoms with Crippen LogP contribution in [0.1, 0.15) is 84.6 Å². The van der Waals surface area contributed by atoms with Gasteiger partial charge in [-0.3, -0.25) is 0 Å². The van der Waals surface area contributed by atoms with Gasteiger partial charge in [0.1, 0.15) is 0 Å². The van der Waals surface area contributed by atoms with Crippen molar-refractivity contribution in [1.82, 2.24) is 0 Å². The number of quaternary nitrogens is 1. The van der Waals surface area contributed by atoms with E-state index in [4.69, 9.17) is 5.73 Å². The van der Waals surface area contributed by atoms with E-state index in [-0.39, 0.29) is 0 Å². The third-order valence-corrected chi connectivity index (χ3v) is 5.02. The summed E-state index contributed by atoms with van der Waals surface area (Å²) in [6.07, 6.45) is 11.1. The summed E-state index contributed by atoms with van der Waals surface area (Å²) in [5.74, 6) is 0. The molecule has 0 heterocycles. The minimum Gasteiger partial charge on any atom is -0.326 e. The zero-order valence-electron chi connectivity index (χ0n) is 17.6. The van der Waals surface area contributed by atoms with E-state index in [1.165, 1.54) is 87.6 Å². The van der Waals surface area contributed by atoms with E-state index in [9.17, 15) is 0 Å². The van der Waals surface area contributed by atoms with Gasteiger partial charge in [-0.1, -0.05) is 83.7 Å². The van der Waals surface area contributed by atoms with Crippen LogP contribution in [0.3, 0.4) is 0 Å². The van der Waals surface area contributed by atoms with Gasteiger partial charge in [0.2, 0.25) is 0 Å². The predicted molar refractivity (Wildman–Crippen MR) is 114 cm³/mol. The van der Waals surface area contributed by atoms with Crippen LogP contribution in [0, 0.1) is 0 Å². The molecule has 0 bridgehead atoms. The van der Waals surface area contributed by atoms with Gasteiger partial charge in [-0.05, 0) is 31.2 Å². The molecule has 0 aromatic heterocycles. The van der Waals surface area contributed by atoms with Gasteiger partial charge >= 0.3 is 0 Å². The van der Waals surface area contributed by atoms with Gasteiger partial charge in [0.15, 0.2) is 0 Å². The molecule has 146 valence electrons. The smallest absolute Gasteiger partial charge is 0.0786 e. The highest BCUT2D eigenvalue weighted by molar-refractivity contribution is 5.13. The molecule has 0 aliphatic rings. The van der Waals surface area contributed by atoms with Crippen molar-refractivity contribution in [3.63, 3.8) is 0 Å². The number of hydrogen-bond acceptors (Lipinski definition) is 1. The van der Waals surface area contributed by atoms with E-state index in [0.29, 0.717) is 6.54 Å². The Hall–Kier alpha value is -0.860. The standard InChI is InChI=1S/C16H36N.C7H9N/c1-5-9-13-17(14-10-6-2,15-11-7-3)16-12-8-4;8-6-7-4-2-1-3-5-7/h5-16H2,1-4H3;1-5H,6,8H2/q+1;. The maximum absolute atomic E-state index is 5.35. The number of nitrogens with two attached hydrogens (primary N) is 1. The predicted octanol–water partition coefficient (Wildman–Crippen LogP) is 6.15. The van der Waals surface area contributed by atoms with Gasteiger partial charge in [-0.15, -0.1) is 0 Å². The molecule has 0 amide bonds. The normalized spacial score (nSPS) is 11.1. The summed E-state index contributed by atoms with van der Waals surface area (Å²) in [5.41, 5.74) is 6.54. The number of hydrogen-bond donors (Lipinski definition) is 1. The number of rotatable bonds is 13. The highest BCUT2D eigenvalue weighted by Crippen LogP contribution is 2.16. The summed E-state index contributed by atoms with van der Waals surface area (Å²) < 4.78 is 1.42. The first-order chi connectivity index (χ1) is 12.2. The largest absolute Gasteiger partial charge is 0.326 e. The zero-order valence-corrected chi connectivity index (χ0v) is 17.6. The van der Waals surface area contributed by atoms with Crippen molar-refractivity contribution in [3.8, 4) is 0 Å². The highest BCUT2D eigenvalue weighted by atomic mass is 15.3. The summed E-state index contributed by atoms with van der Waals surface area (Å²) in [5, 5.41) is 0. The molecule has 0 spiro atoms. The molecule has 2 N–H and O–H groups in total. The van der Waals surface area contributed by atoms with Crippen LogP contribution in [0.2, 0.25) is 0 Å². The SMILES string of the molecule is CCCC[N+](CCCC)(CCCC)CCCC.NCc1ccccc1. The Morgan fingerprint density at radius 1 is 0.640 bits per heavy atom. The van der Waals surface area contributed by atoms with Crippen LogP contribution in [-0.2, 0) is 6.54 Å². The fourth-order valence-electron chi connectivity index (χ4n) is 3.26. The third kappa shape index (κ3) is 12.2. The summed E-state index contributed by atoms with van der Waals surface area (Å²) in [6, 6.07) is 9.99. The van der Waals surface area contributed by atoms with Gasteiger partial charge in [0, 0.05) is 6.54 Å². The topological polar surface area (TPSA) is 26.0 Å². The van der Waals surface area contributed by atoms with Crippen LogP contribution in [0.4, 0.5) is 0 Å². The van der Waals surface area contributed by atoms with Crippen LogP contribution in [-0.4, -0.2) is 30.7 Å². The minimum atomic E-state index is 0.640. The summed E-state index contributed by atoms with van der Waals surface area (Å²) in [4.78, 5) is 0. The molecule has 0 fully saturated rings. The van der Waals surface area contributed by atoms with Gasteiger partial charge < -0.3 is 10.2 Å². The molecule has 1 rings (SSSR count). The molecular formula is C23H45N2+. The second kappa shape index (κ2) is 16.6. The van der Waals surface area contributed by atoms with Crippen molar-refractivity contribution < 1.29 is 4.48 Å². The quantitative estimate of drug-likeness (QED) is 0.425. The van der Waals surface area contributed by atoms with Crippen LogP contribution >= 0.6 is 0 Å². The van der Waals surface area contributed by atoms with Crippen LogP contribution < -0.4 is 5.73 Å². The third-order valence-electron chi connectivity index (χ3n) is 5.02. The highest BCUT2D eigenvalue weighted by Gasteiger charge is 2.24. The van der Waals surface area contributed by atoms with E-state index in [1.807, 2.05) is 30.3 Å². The van der Waals surface area contributed by atoms with Crippen LogP contribution in [0.25, 0.3) is 0 Å². The number of benzene rings is 1. The Bertz CT molecular complexity index is 337. The Labute approximate surface area is 158 Å². The maximum atomic E-state index is 5.35. The Morgan fingerprint density at radius 3 is 1.24 bits per heavy atom. The summed E-state index contributed by atoms with van der Waals surface area (Å²) in [6.45, 7) is 15.7. The van der Waals surface area contributed by atoms with E-state index in [2.05, 4.69) is 27.7 Å². The Kier molecular flexibility index (Phi) is 16.0. The fourth-order valence-corrected chi connectivity index (χ4v) is 3.26. The number of nitrogens with zero attached hydrogens (tertiary/aromatic N) is 1. The average Bonchev–Trinajstić information content (AvgIpc) is 2.68. The van der Waals surface area contributed by atoms with E-state index in [1.54, 1.807) is 0 Å². The minimum absolute atomic E-state index is 0.640. The number of unbranched alkanes of at least 4 members (excludes halogenated alkanes) is 4.